The van der Waals surface area contributed by atoms with E-state index in [-0.39, 0.29) is 16.7 Å². The topological polar surface area (TPSA) is 52.8 Å². The summed E-state index contributed by atoms with van der Waals surface area (Å²) in [5, 5.41) is 9.78. The third kappa shape index (κ3) is 4.07. The third-order valence-corrected chi connectivity index (χ3v) is 8.73. The second-order valence-corrected chi connectivity index (χ2v) is 10.6. The fourth-order valence-electron chi connectivity index (χ4n) is 6.31. The Balaban J connectivity index is 0.000000196. The van der Waals surface area contributed by atoms with E-state index in [9.17, 15) is 9.90 Å². The lowest BCUT2D eigenvalue weighted by Crippen LogP contribution is -2.41. The maximum absolute atomic E-state index is 12.8. The molecule has 0 bridgehead atoms. The molecule has 34 heavy (non-hydrogen) atoms. The van der Waals surface area contributed by atoms with Crippen molar-refractivity contribution in [2.24, 2.45) is 5.92 Å². The summed E-state index contributed by atoms with van der Waals surface area (Å²) in [6, 6.07) is 11.5. The van der Waals surface area contributed by atoms with Crippen LogP contribution in [0.1, 0.15) is 67.8 Å². The molecule has 4 atom stereocenters. The number of rotatable bonds is 5. The van der Waals surface area contributed by atoms with Crippen molar-refractivity contribution in [1.82, 2.24) is 4.90 Å². The van der Waals surface area contributed by atoms with Crippen LogP contribution in [0.2, 0.25) is 5.02 Å². The van der Waals surface area contributed by atoms with Gasteiger partial charge in [0.1, 0.15) is 11.5 Å². The van der Waals surface area contributed by atoms with Crippen molar-refractivity contribution in [2.45, 2.75) is 69.9 Å². The summed E-state index contributed by atoms with van der Waals surface area (Å²) in [4.78, 5) is 17.1. The minimum Gasteiger partial charge on any atom is -0.506 e. The van der Waals surface area contributed by atoms with E-state index >= 15 is 0 Å². The molecule has 6 heteroatoms. The number of amides is 1. The molecule has 2 aromatic carbocycles. The van der Waals surface area contributed by atoms with Gasteiger partial charge in [0.05, 0.1) is 11.6 Å². The molecular weight excluding hydrogens is 448 g/mol. The van der Waals surface area contributed by atoms with Gasteiger partial charge < -0.3 is 14.7 Å². The molecule has 3 fully saturated rings. The predicted octanol–water partition coefficient (Wildman–Crippen LogP) is 6.06. The SMILES string of the molecule is CCCCOc1ccc2c(c1)CCN(c1ccc(O)c(Cl)c1)C2=O.CN1C2CCCC3CCC321. The third-order valence-electron chi connectivity index (χ3n) is 8.43. The number of halogens is 1. The minimum absolute atomic E-state index is 0.0131. The molecule has 2 aliphatic heterocycles. The first-order valence-electron chi connectivity index (χ1n) is 12.7. The Morgan fingerprint density at radius 3 is 2.71 bits per heavy atom. The Kier molecular flexibility index (Phi) is 6.51. The van der Waals surface area contributed by atoms with E-state index in [1.54, 1.807) is 17.0 Å². The van der Waals surface area contributed by atoms with E-state index in [2.05, 4.69) is 18.9 Å². The molecule has 2 aromatic rings. The Hall–Kier alpha value is -2.24. The van der Waals surface area contributed by atoms with Crippen LogP contribution in [0.4, 0.5) is 5.69 Å². The maximum Gasteiger partial charge on any atom is 0.258 e. The molecule has 1 N–H and O–H groups in total. The van der Waals surface area contributed by atoms with Gasteiger partial charge in [0, 0.05) is 29.4 Å². The molecule has 2 heterocycles. The van der Waals surface area contributed by atoms with Crippen molar-refractivity contribution >= 4 is 23.2 Å². The lowest BCUT2D eigenvalue weighted by Gasteiger charge is -2.40. The zero-order valence-electron chi connectivity index (χ0n) is 20.2. The number of carbonyl (C=O) groups excluding carboxylic acids is 1. The second kappa shape index (κ2) is 9.43. The largest absolute Gasteiger partial charge is 0.506 e. The number of likely N-dealkylation sites (N-methyl/N-ethyl adjacent to an activating group) is 1. The first-order chi connectivity index (χ1) is 16.5. The van der Waals surface area contributed by atoms with Crippen molar-refractivity contribution in [3.05, 3.63) is 52.5 Å². The quantitative estimate of drug-likeness (QED) is 0.415. The zero-order valence-corrected chi connectivity index (χ0v) is 21.0. The summed E-state index contributed by atoms with van der Waals surface area (Å²) >= 11 is 5.96. The minimum atomic E-state index is -0.0573. The summed E-state index contributed by atoms with van der Waals surface area (Å²) in [6.07, 6.45) is 10.4. The number of hydrogen-bond acceptors (Lipinski definition) is 4. The molecule has 0 radical (unpaired) electrons. The molecule has 1 amide bonds. The van der Waals surface area contributed by atoms with Gasteiger partial charge in [-0.3, -0.25) is 9.69 Å². The van der Waals surface area contributed by atoms with E-state index in [0.29, 0.717) is 24.4 Å². The number of ether oxygens (including phenoxy) is 1. The van der Waals surface area contributed by atoms with Crippen LogP contribution in [0, 0.1) is 5.92 Å². The summed E-state index contributed by atoms with van der Waals surface area (Å²) < 4.78 is 5.72. The standard InChI is InChI=1S/C19H20ClNO3.C9H15N/c1-2-3-10-24-15-5-6-16-13(11-15)8-9-21(19(16)23)14-4-7-18(22)17(20)12-14;1-10-8-4-2-3-7-5-6-9(7,8)10/h4-7,11-12,22H,2-3,8-10H2,1H3;7-8H,2-6H2,1H3. The summed E-state index contributed by atoms with van der Waals surface area (Å²) in [6.45, 7) is 3.39. The Morgan fingerprint density at radius 1 is 1.18 bits per heavy atom. The van der Waals surface area contributed by atoms with Crippen LogP contribution in [-0.4, -0.2) is 47.7 Å². The van der Waals surface area contributed by atoms with Crippen molar-refractivity contribution in [3.8, 4) is 11.5 Å². The van der Waals surface area contributed by atoms with Gasteiger partial charge in [-0.05, 0) is 93.5 Å². The Labute approximate surface area is 207 Å². The van der Waals surface area contributed by atoms with Gasteiger partial charge in [0.2, 0.25) is 0 Å². The van der Waals surface area contributed by atoms with E-state index in [1.165, 1.54) is 38.2 Å². The normalized spacial score (nSPS) is 28.5. The number of aromatic hydroxyl groups is 1. The van der Waals surface area contributed by atoms with Gasteiger partial charge in [0.25, 0.3) is 5.91 Å². The van der Waals surface area contributed by atoms with Crippen LogP contribution in [0.3, 0.4) is 0 Å². The van der Waals surface area contributed by atoms with Crippen molar-refractivity contribution in [3.63, 3.8) is 0 Å². The summed E-state index contributed by atoms with van der Waals surface area (Å²) in [7, 11) is 2.32. The highest BCUT2D eigenvalue weighted by Crippen LogP contribution is 2.63. The van der Waals surface area contributed by atoms with E-state index in [0.717, 1.165) is 48.1 Å². The molecule has 6 rings (SSSR count). The van der Waals surface area contributed by atoms with Gasteiger partial charge in [-0.25, -0.2) is 0 Å². The number of hydrogen-bond donors (Lipinski definition) is 1. The second-order valence-electron chi connectivity index (χ2n) is 10.1. The lowest BCUT2D eigenvalue weighted by atomic mass is 9.65. The van der Waals surface area contributed by atoms with Gasteiger partial charge in [-0.2, -0.15) is 0 Å². The first-order valence-corrected chi connectivity index (χ1v) is 13.1. The van der Waals surface area contributed by atoms with Crippen molar-refractivity contribution < 1.29 is 14.6 Å². The van der Waals surface area contributed by atoms with Gasteiger partial charge in [0.15, 0.2) is 0 Å². The molecule has 4 unspecified atom stereocenters. The monoisotopic (exact) mass is 482 g/mol. The lowest BCUT2D eigenvalue weighted by molar-refractivity contribution is 0.0980. The number of unbranched alkanes of at least 4 members (excludes halogenated alkanes) is 1. The van der Waals surface area contributed by atoms with Crippen LogP contribution in [0.15, 0.2) is 36.4 Å². The number of benzene rings is 2. The first kappa shape index (κ1) is 23.5. The molecule has 1 spiro atoms. The predicted molar refractivity (Wildman–Crippen MR) is 136 cm³/mol. The van der Waals surface area contributed by atoms with Gasteiger partial charge >= 0.3 is 0 Å². The van der Waals surface area contributed by atoms with Crippen LogP contribution in [0.5, 0.6) is 11.5 Å². The number of carbonyl (C=O) groups is 1. The summed E-state index contributed by atoms with van der Waals surface area (Å²) in [5.74, 6) is 1.88. The van der Waals surface area contributed by atoms with Crippen molar-refractivity contribution in [1.29, 1.82) is 0 Å². The molecule has 0 aromatic heterocycles. The average Bonchev–Trinajstić information content (AvgIpc) is 3.45. The Bertz CT molecular complexity index is 1070. The van der Waals surface area contributed by atoms with Crippen LogP contribution in [-0.2, 0) is 6.42 Å². The molecule has 1 saturated heterocycles. The smallest absolute Gasteiger partial charge is 0.258 e. The fraction of sp³-hybridized carbons (Fsp3) is 0.536. The molecule has 2 saturated carbocycles. The van der Waals surface area contributed by atoms with Crippen LogP contribution in [0.25, 0.3) is 0 Å². The number of anilines is 1. The number of phenolic OH excluding ortho intramolecular Hbond substituents is 1. The van der Waals surface area contributed by atoms with E-state index in [1.807, 2.05) is 18.2 Å². The molecule has 5 nitrogen and oxygen atoms in total. The van der Waals surface area contributed by atoms with Gasteiger partial charge in [-0.1, -0.05) is 31.4 Å². The fourth-order valence-corrected chi connectivity index (χ4v) is 6.48. The Morgan fingerprint density at radius 2 is 2.03 bits per heavy atom. The highest BCUT2D eigenvalue weighted by Gasteiger charge is 2.69. The molecule has 4 aliphatic rings. The number of fused-ring (bicyclic) bond motifs is 1. The molecular formula is C28H35ClN2O3. The van der Waals surface area contributed by atoms with Crippen LogP contribution < -0.4 is 9.64 Å². The number of phenols is 1. The average molecular weight is 483 g/mol. The number of nitrogens with zero attached hydrogens (tertiary/aromatic N) is 2. The maximum atomic E-state index is 12.8. The van der Waals surface area contributed by atoms with E-state index < -0.39 is 0 Å². The zero-order chi connectivity index (χ0) is 23.9. The highest BCUT2D eigenvalue weighted by atomic mass is 35.5. The van der Waals surface area contributed by atoms with E-state index in [4.69, 9.17) is 16.3 Å². The number of likely N-dealkylation sites (tertiary alicyclic amines) is 1. The van der Waals surface area contributed by atoms with Crippen LogP contribution >= 0.6 is 11.6 Å². The van der Waals surface area contributed by atoms with Crippen molar-refractivity contribution in [2.75, 3.05) is 25.1 Å². The molecule has 2 aliphatic carbocycles. The highest BCUT2D eigenvalue weighted by molar-refractivity contribution is 6.32. The summed E-state index contributed by atoms with van der Waals surface area (Å²) in [5.41, 5.74) is 3.17. The van der Waals surface area contributed by atoms with Gasteiger partial charge in [-0.15, -0.1) is 0 Å². The molecule has 182 valence electrons.